The van der Waals surface area contributed by atoms with Gasteiger partial charge < -0.3 is 5.11 Å². The lowest BCUT2D eigenvalue weighted by atomic mass is 9.96. The molecule has 21 heavy (non-hydrogen) atoms. The van der Waals surface area contributed by atoms with Crippen LogP contribution in [0.1, 0.15) is 18.5 Å². The molecule has 1 aromatic carbocycles. The zero-order valence-electron chi connectivity index (χ0n) is 11.3. The van der Waals surface area contributed by atoms with Crippen LogP contribution < -0.4 is 0 Å². The van der Waals surface area contributed by atoms with Gasteiger partial charge in [0.05, 0.1) is 11.8 Å². The number of alkyl halides is 3. The fraction of sp³-hybridized carbons (Fsp3) is 0.500. The van der Waals surface area contributed by atoms with Gasteiger partial charge in [-0.1, -0.05) is 29.8 Å². The summed E-state index contributed by atoms with van der Waals surface area (Å²) in [4.78, 5) is 12.6. The van der Waals surface area contributed by atoms with E-state index in [-0.39, 0.29) is 19.1 Å². The molecule has 1 unspecified atom stereocenters. The molecule has 1 aliphatic rings. The third kappa shape index (κ3) is 3.32. The lowest BCUT2D eigenvalue weighted by molar-refractivity contribution is -0.188. The van der Waals surface area contributed by atoms with Gasteiger partial charge in [0.25, 0.3) is 0 Å². The van der Waals surface area contributed by atoms with E-state index in [1.807, 2.05) is 0 Å². The van der Waals surface area contributed by atoms with Gasteiger partial charge in [0.1, 0.15) is 0 Å². The number of nitrogens with zero attached hydrogens (tertiary/aromatic N) is 1. The molecule has 1 aliphatic heterocycles. The molecule has 0 aromatic heterocycles. The van der Waals surface area contributed by atoms with Crippen LogP contribution >= 0.6 is 11.6 Å². The molecular weight excluding hydrogens is 307 g/mol. The zero-order valence-corrected chi connectivity index (χ0v) is 12.0. The average molecular weight is 322 g/mol. The highest BCUT2D eigenvalue weighted by Gasteiger charge is 2.53. The Labute approximate surface area is 125 Å². The van der Waals surface area contributed by atoms with Gasteiger partial charge in [-0.3, -0.25) is 9.69 Å². The molecule has 0 spiro atoms. The van der Waals surface area contributed by atoms with Crippen molar-refractivity contribution in [1.29, 1.82) is 0 Å². The molecule has 1 fully saturated rings. The summed E-state index contributed by atoms with van der Waals surface area (Å²) in [6, 6.07) is 6.53. The second kappa shape index (κ2) is 5.85. The second-order valence-corrected chi connectivity index (χ2v) is 5.65. The van der Waals surface area contributed by atoms with Gasteiger partial charge in [-0.05, 0) is 18.6 Å². The Hall–Kier alpha value is -1.27. The van der Waals surface area contributed by atoms with Crippen LogP contribution in [0, 0.1) is 11.8 Å². The number of carboxylic acid groups (broad SMARTS) is 1. The van der Waals surface area contributed by atoms with Crippen molar-refractivity contribution < 1.29 is 23.1 Å². The minimum atomic E-state index is -4.52. The Balaban J connectivity index is 2.23. The molecule has 3 atom stereocenters. The number of carbonyl (C=O) groups is 1. The predicted molar refractivity (Wildman–Crippen MR) is 72.1 cm³/mol. The summed E-state index contributed by atoms with van der Waals surface area (Å²) >= 11 is 6.06. The van der Waals surface area contributed by atoms with Crippen molar-refractivity contribution in [1.82, 2.24) is 4.90 Å². The SMILES string of the molecule is CC(c1ccccc1Cl)N1C[C@@H](C(F)(F)F)[C@H](C(=O)O)C1. The van der Waals surface area contributed by atoms with E-state index >= 15 is 0 Å². The third-order valence-electron chi connectivity index (χ3n) is 3.99. The maximum absolute atomic E-state index is 13.0. The summed E-state index contributed by atoms with van der Waals surface area (Å²) in [7, 11) is 0. The van der Waals surface area contributed by atoms with Crippen molar-refractivity contribution in [3.8, 4) is 0 Å². The van der Waals surface area contributed by atoms with Crippen LogP contribution in [0.5, 0.6) is 0 Å². The smallest absolute Gasteiger partial charge is 0.393 e. The maximum atomic E-state index is 13.0. The number of aliphatic carboxylic acids is 1. The van der Waals surface area contributed by atoms with Gasteiger partial charge in [-0.25, -0.2) is 0 Å². The highest BCUT2D eigenvalue weighted by Crippen LogP contribution is 2.41. The standard InChI is InChI=1S/C14H15ClF3NO2/c1-8(9-4-2-3-5-12(9)15)19-6-10(13(20)21)11(7-19)14(16,17)18/h2-5,8,10-11H,6-7H2,1H3,(H,20,21)/t8?,10-,11-/m1/s1. The molecular formula is C14H15ClF3NO2. The van der Waals surface area contributed by atoms with Crippen LogP contribution in [0.25, 0.3) is 0 Å². The second-order valence-electron chi connectivity index (χ2n) is 5.24. The Morgan fingerprint density at radius 2 is 2.00 bits per heavy atom. The lowest BCUT2D eigenvalue weighted by Gasteiger charge is -2.25. The molecule has 1 aromatic rings. The Bertz CT molecular complexity index is 535. The monoisotopic (exact) mass is 321 g/mol. The van der Waals surface area contributed by atoms with Crippen molar-refractivity contribution in [3.05, 3.63) is 34.9 Å². The fourth-order valence-corrected chi connectivity index (χ4v) is 3.04. The number of hydrogen-bond acceptors (Lipinski definition) is 2. The largest absolute Gasteiger partial charge is 0.481 e. The van der Waals surface area contributed by atoms with E-state index in [0.717, 1.165) is 0 Å². The molecule has 0 amide bonds. The molecule has 0 radical (unpaired) electrons. The first-order valence-corrected chi connectivity index (χ1v) is 6.87. The molecule has 2 rings (SSSR count). The van der Waals surface area contributed by atoms with Crippen LogP contribution in [0.2, 0.25) is 5.02 Å². The fourth-order valence-electron chi connectivity index (χ4n) is 2.74. The number of carboxylic acids is 1. The summed E-state index contributed by atoms with van der Waals surface area (Å²) in [5.74, 6) is -4.69. The molecule has 7 heteroatoms. The Kier molecular flexibility index (Phi) is 4.49. The zero-order chi connectivity index (χ0) is 15.8. The van der Waals surface area contributed by atoms with E-state index in [1.165, 1.54) is 4.90 Å². The quantitative estimate of drug-likeness (QED) is 0.925. The highest BCUT2D eigenvalue weighted by atomic mass is 35.5. The van der Waals surface area contributed by atoms with E-state index in [9.17, 15) is 18.0 Å². The average Bonchev–Trinajstić information content (AvgIpc) is 2.83. The number of halogens is 4. The summed E-state index contributed by atoms with van der Waals surface area (Å²) in [6.45, 7) is 1.28. The first-order chi connectivity index (χ1) is 9.71. The molecule has 3 nitrogen and oxygen atoms in total. The van der Waals surface area contributed by atoms with Crippen molar-refractivity contribution >= 4 is 17.6 Å². The normalized spacial score (nSPS) is 25.0. The Morgan fingerprint density at radius 1 is 1.38 bits per heavy atom. The van der Waals surface area contributed by atoms with Crippen molar-refractivity contribution in [3.63, 3.8) is 0 Å². The van der Waals surface area contributed by atoms with E-state index in [2.05, 4.69) is 0 Å². The van der Waals surface area contributed by atoms with Crippen LogP contribution in [-0.2, 0) is 4.79 Å². The molecule has 1 heterocycles. The van der Waals surface area contributed by atoms with E-state index in [1.54, 1.807) is 31.2 Å². The van der Waals surface area contributed by atoms with Crippen LogP contribution in [0.4, 0.5) is 13.2 Å². The highest BCUT2D eigenvalue weighted by molar-refractivity contribution is 6.31. The topological polar surface area (TPSA) is 40.5 Å². The van der Waals surface area contributed by atoms with Crippen molar-refractivity contribution in [2.45, 2.75) is 19.1 Å². The number of hydrogen-bond donors (Lipinski definition) is 1. The van der Waals surface area contributed by atoms with Crippen LogP contribution in [-0.4, -0.2) is 35.2 Å². The van der Waals surface area contributed by atoms with Gasteiger partial charge in [0.15, 0.2) is 0 Å². The Morgan fingerprint density at radius 3 is 2.48 bits per heavy atom. The van der Waals surface area contributed by atoms with Gasteiger partial charge in [0.2, 0.25) is 0 Å². The molecule has 1 saturated heterocycles. The van der Waals surface area contributed by atoms with Crippen LogP contribution in [0.15, 0.2) is 24.3 Å². The molecule has 0 aliphatic carbocycles. The van der Waals surface area contributed by atoms with E-state index in [0.29, 0.717) is 10.6 Å². The van der Waals surface area contributed by atoms with E-state index in [4.69, 9.17) is 16.7 Å². The first-order valence-electron chi connectivity index (χ1n) is 6.49. The molecule has 0 bridgehead atoms. The first kappa shape index (κ1) is 16.1. The van der Waals surface area contributed by atoms with Gasteiger partial charge in [-0.2, -0.15) is 13.2 Å². The van der Waals surface area contributed by atoms with Gasteiger partial charge in [-0.15, -0.1) is 0 Å². The predicted octanol–water partition coefficient (Wildman–Crippen LogP) is 3.60. The summed E-state index contributed by atoms with van der Waals surface area (Å²) in [5.41, 5.74) is 0.700. The minimum absolute atomic E-state index is 0.133. The minimum Gasteiger partial charge on any atom is -0.481 e. The van der Waals surface area contributed by atoms with Crippen molar-refractivity contribution in [2.24, 2.45) is 11.8 Å². The summed E-state index contributed by atoms with van der Waals surface area (Å²) < 4.78 is 38.9. The molecule has 0 saturated carbocycles. The number of likely N-dealkylation sites (tertiary alicyclic amines) is 1. The number of rotatable bonds is 3. The maximum Gasteiger partial charge on any atom is 0.393 e. The number of benzene rings is 1. The molecule has 1 N–H and O–H groups in total. The third-order valence-corrected chi connectivity index (χ3v) is 4.33. The molecule has 116 valence electrons. The van der Waals surface area contributed by atoms with Gasteiger partial charge >= 0.3 is 12.1 Å². The lowest BCUT2D eigenvalue weighted by Crippen LogP contribution is -2.33. The van der Waals surface area contributed by atoms with Crippen LogP contribution in [0.3, 0.4) is 0 Å². The van der Waals surface area contributed by atoms with Crippen molar-refractivity contribution in [2.75, 3.05) is 13.1 Å². The summed E-state index contributed by atoms with van der Waals surface area (Å²) in [6.07, 6.45) is -4.52. The van der Waals surface area contributed by atoms with Gasteiger partial charge in [0, 0.05) is 24.2 Å². The summed E-state index contributed by atoms with van der Waals surface area (Å²) in [5, 5.41) is 9.48. The van der Waals surface area contributed by atoms with E-state index < -0.39 is 24.0 Å².